The van der Waals surface area contributed by atoms with Crippen molar-refractivity contribution in [3.63, 3.8) is 0 Å². The molecule has 0 atom stereocenters. The Morgan fingerprint density at radius 1 is 1.05 bits per heavy atom. The highest BCUT2D eigenvalue weighted by atomic mass is 16.4. The topological polar surface area (TPSA) is 53.1 Å². The van der Waals surface area contributed by atoms with Crippen LogP contribution in [0.3, 0.4) is 0 Å². The minimum atomic E-state index is -0.762. The molecular formula is C17H15NO2. The van der Waals surface area contributed by atoms with Gasteiger partial charge in [-0.2, -0.15) is 0 Å². The predicted molar refractivity (Wildman–Crippen MR) is 79.7 cm³/mol. The maximum Gasteiger partial charge on any atom is 0.303 e. The lowest BCUT2D eigenvalue weighted by Gasteiger charge is -1.98. The lowest BCUT2D eigenvalue weighted by molar-refractivity contribution is -0.136. The third kappa shape index (κ3) is 2.57. The number of H-pyrrole nitrogens is 1. The number of hydrogen-bond donors (Lipinski definition) is 2. The van der Waals surface area contributed by atoms with Gasteiger partial charge in [0, 0.05) is 23.0 Å². The molecule has 20 heavy (non-hydrogen) atoms. The Bertz CT molecular complexity index is 744. The van der Waals surface area contributed by atoms with Gasteiger partial charge in [-0.3, -0.25) is 4.79 Å². The summed E-state index contributed by atoms with van der Waals surface area (Å²) in [6.07, 6.45) is 0.725. The number of aromatic amines is 1. The van der Waals surface area contributed by atoms with Gasteiger partial charge in [-0.15, -0.1) is 0 Å². The largest absolute Gasteiger partial charge is 0.481 e. The number of fused-ring (bicyclic) bond motifs is 1. The molecule has 3 nitrogen and oxygen atoms in total. The zero-order valence-corrected chi connectivity index (χ0v) is 11.0. The summed E-state index contributed by atoms with van der Waals surface area (Å²) in [7, 11) is 0. The van der Waals surface area contributed by atoms with Crippen molar-refractivity contribution in [2.75, 3.05) is 0 Å². The normalized spacial score (nSPS) is 10.8. The minimum absolute atomic E-state index is 0.164. The van der Waals surface area contributed by atoms with Gasteiger partial charge in [-0.05, 0) is 29.7 Å². The summed E-state index contributed by atoms with van der Waals surface area (Å²) in [5.41, 5.74) is 4.32. The van der Waals surface area contributed by atoms with Crippen molar-refractivity contribution in [1.82, 2.24) is 4.98 Å². The molecule has 0 saturated heterocycles. The molecule has 2 N–H and O–H groups in total. The van der Waals surface area contributed by atoms with Crippen LogP contribution in [0, 0.1) is 0 Å². The van der Waals surface area contributed by atoms with Gasteiger partial charge in [0.2, 0.25) is 0 Å². The van der Waals surface area contributed by atoms with E-state index >= 15 is 0 Å². The van der Waals surface area contributed by atoms with E-state index in [1.165, 1.54) is 0 Å². The number of carbonyl (C=O) groups is 1. The molecular weight excluding hydrogens is 250 g/mol. The third-order valence-corrected chi connectivity index (χ3v) is 3.40. The molecule has 0 amide bonds. The van der Waals surface area contributed by atoms with Crippen LogP contribution in [-0.2, 0) is 11.2 Å². The Kier molecular flexibility index (Phi) is 3.25. The zero-order chi connectivity index (χ0) is 13.9. The van der Waals surface area contributed by atoms with Gasteiger partial charge >= 0.3 is 5.97 Å². The summed E-state index contributed by atoms with van der Waals surface area (Å²) in [5.74, 6) is -0.762. The van der Waals surface area contributed by atoms with Gasteiger partial charge in [0.15, 0.2) is 0 Å². The van der Waals surface area contributed by atoms with Crippen molar-refractivity contribution in [2.45, 2.75) is 12.8 Å². The smallest absolute Gasteiger partial charge is 0.303 e. The zero-order valence-electron chi connectivity index (χ0n) is 11.0. The Morgan fingerprint density at radius 2 is 1.85 bits per heavy atom. The van der Waals surface area contributed by atoms with E-state index in [0.717, 1.165) is 27.7 Å². The van der Waals surface area contributed by atoms with Gasteiger partial charge in [0.25, 0.3) is 0 Å². The average Bonchev–Trinajstić information content (AvgIpc) is 2.89. The van der Waals surface area contributed by atoms with Crippen LogP contribution in [0.15, 0.2) is 54.6 Å². The van der Waals surface area contributed by atoms with Crippen LogP contribution < -0.4 is 0 Å². The van der Waals surface area contributed by atoms with Gasteiger partial charge in [-0.25, -0.2) is 0 Å². The van der Waals surface area contributed by atoms with Gasteiger partial charge in [0.05, 0.1) is 0 Å². The van der Waals surface area contributed by atoms with E-state index in [-0.39, 0.29) is 6.42 Å². The number of rotatable bonds is 4. The Hall–Kier alpha value is -2.55. The molecule has 1 heterocycles. The number of carboxylic acids is 1. The molecule has 0 bridgehead atoms. The molecule has 0 aliphatic heterocycles. The number of carboxylic acid groups (broad SMARTS) is 1. The molecule has 0 spiro atoms. The minimum Gasteiger partial charge on any atom is -0.481 e. The maximum atomic E-state index is 10.6. The summed E-state index contributed by atoms with van der Waals surface area (Å²) in [6.45, 7) is 0. The van der Waals surface area contributed by atoms with E-state index in [0.29, 0.717) is 6.42 Å². The third-order valence-electron chi connectivity index (χ3n) is 3.40. The van der Waals surface area contributed by atoms with Crippen LogP contribution in [0.25, 0.3) is 22.2 Å². The van der Waals surface area contributed by atoms with E-state index in [2.05, 4.69) is 23.2 Å². The first-order valence-electron chi connectivity index (χ1n) is 6.61. The predicted octanol–water partition coefficient (Wildman–Crippen LogP) is 3.85. The fourth-order valence-electron chi connectivity index (χ4n) is 2.35. The number of aliphatic carboxylic acids is 1. The molecule has 0 radical (unpaired) electrons. The van der Waals surface area contributed by atoms with Gasteiger partial charge < -0.3 is 10.1 Å². The fraction of sp³-hybridized carbons (Fsp3) is 0.118. The van der Waals surface area contributed by atoms with Crippen LogP contribution in [0.5, 0.6) is 0 Å². The van der Waals surface area contributed by atoms with Crippen LogP contribution in [-0.4, -0.2) is 16.1 Å². The molecule has 3 aromatic rings. The van der Waals surface area contributed by atoms with Crippen molar-refractivity contribution in [3.05, 3.63) is 60.2 Å². The van der Waals surface area contributed by atoms with E-state index in [1.54, 1.807) is 0 Å². The summed E-state index contributed by atoms with van der Waals surface area (Å²) in [5, 5.41) is 9.87. The molecule has 0 fully saturated rings. The molecule has 100 valence electrons. The summed E-state index contributed by atoms with van der Waals surface area (Å²) in [6, 6.07) is 18.3. The standard InChI is InChI=1S/C17H15NO2/c19-17(20)9-7-12-6-8-14-11-16(18-15(14)10-12)13-4-2-1-3-5-13/h1-6,8,10-11,18H,7,9H2,(H,19,20). The molecule has 0 aliphatic carbocycles. The molecule has 0 saturated carbocycles. The monoisotopic (exact) mass is 265 g/mol. The summed E-state index contributed by atoms with van der Waals surface area (Å²) >= 11 is 0. The molecule has 2 aromatic carbocycles. The quantitative estimate of drug-likeness (QED) is 0.752. The fourth-order valence-corrected chi connectivity index (χ4v) is 2.35. The number of aromatic nitrogens is 1. The van der Waals surface area contributed by atoms with Crippen LogP contribution in [0.1, 0.15) is 12.0 Å². The first kappa shape index (κ1) is 12.5. The Morgan fingerprint density at radius 3 is 2.60 bits per heavy atom. The SMILES string of the molecule is O=C(O)CCc1ccc2cc(-c3ccccc3)[nH]c2c1. The second-order valence-corrected chi connectivity index (χ2v) is 4.86. The van der Waals surface area contributed by atoms with E-state index in [1.807, 2.05) is 36.4 Å². The van der Waals surface area contributed by atoms with Crippen LogP contribution in [0.4, 0.5) is 0 Å². The second-order valence-electron chi connectivity index (χ2n) is 4.86. The van der Waals surface area contributed by atoms with E-state index in [9.17, 15) is 4.79 Å². The summed E-state index contributed by atoms with van der Waals surface area (Å²) < 4.78 is 0. The number of nitrogens with one attached hydrogen (secondary N) is 1. The van der Waals surface area contributed by atoms with Crippen molar-refractivity contribution >= 4 is 16.9 Å². The van der Waals surface area contributed by atoms with Crippen LogP contribution in [0.2, 0.25) is 0 Å². The molecule has 1 aromatic heterocycles. The lowest BCUT2D eigenvalue weighted by atomic mass is 10.1. The highest BCUT2D eigenvalue weighted by molar-refractivity contribution is 5.86. The van der Waals surface area contributed by atoms with E-state index in [4.69, 9.17) is 5.11 Å². The molecule has 0 unspecified atom stereocenters. The molecule has 3 rings (SSSR count). The van der Waals surface area contributed by atoms with Crippen molar-refractivity contribution < 1.29 is 9.90 Å². The maximum absolute atomic E-state index is 10.6. The average molecular weight is 265 g/mol. The molecule has 0 aliphatic rings. The van der Waals surface area contributed by atoms with Gasteiger partial charge in [0.1, 0.15) is 0 Å². The Balaban J connectivity index is 1.93. The lowest BCUT2D eigenvalue weighted by Crippen LogP contribution is -1.97. The number of hydrogen-bond acceptors (Lipinski definition) is 1. The highest BCUT2D eigenvalue weighted by Gasteiger charge is 2.05. The second kappa shape index (κ2) is 5.21. The van der Waals surface area contributed by atoms with Crippen LogP contribution >= 0.6 is 0 Å². The Labute approximate surface area is 116 Å². The summed E-state index contributed by atoms with van der Waals surface area (Å²) in [4.78, 5) is 14.0. The number of aryl methyl sites for hydroxylation is 1. The highest BCUT2D eigenvalue weighted by Crippen LogP contribution is 2.24. The first-order valence-corrected chi connectivity index (χ1v) is 6.61. The molecule has 3 heteroatoms. The van der Waals surface area contributed by atoms with Crippen molar-refractivity contribution in [2.24, 2.45) is 0 Å². The van der Waals surface area contributed by atoms with Crippen molar-refractivity contribution in [1.29, 1.82) is 0 Å². The number of benzene rings is 2. The van der Waals surface area contributed by atoms with E-state index < -0.39 is 5.97 Å². The van der Waals surface area contributed by atoms with Crippen molar-refractivity contribution in [3.8, 4) is 11.3 Å². The first-order chi connectivity index (χ1) is 9.72. The van der Waals surface area contributed by atoms with Gasteiger partial charge in [-0.1, -0.05) is 42.5 Å².